The number of aryl methyl sites for hydroxylation is 1. The van der Waals surface area contributed by atoms with E-state index in [9.17, 15) is 5.26 Å². The second-order valence-corrected chi connectivity index (χ2v) is 12.3. The Morgan fingerprint density at radius 2 is 1.75 bits per heavy atom. The van der Waals surface area contributed by atoms with Crippen LogP contribution in [0.1, 0.15) is 44.7 Å². The molecule has 5 aromatic rings. The lowest BCUT2D eigenvalue weighted by atomic mass is 9.98. The summed E-state index contributed by atoms with van der Waals surface area (Å²) in [6, 6.07) is 22.7. The Hall–Kier alpha value is -5.07. The molecule has 1 fully saturated rings. The second-order valence-electron chi connectivity index (χ2n) is 12.3. The van der Waals surface area contributed by atoms with E-state index >= 15 is 0 Å². The zero-order valence-electron chi connectivity index (χ0n) is 25.6. The summed E-state index contributed by atoms with van der Waals surface area (Å²) < 4.78 is 0. The molecular weight excluding hydrogens is 546 g/mol. The van der Waals surface area contributed by atoms with E-state index in [1.807, 2.05) is 61.5 Å². The predicted octanol–water partition coefficient (Wildman–Crippen LogP) is 7.11. The molecule has 3 N–H and O–H groups in total. The van der Waals surface area contributed by atoms with E-state index in [4.69, 9.17) is 4.98 Å². The van der Waals surface area contributed by atoms with Gasteiger partial charge in [0.25, 0.3) is 0 Å². The first-order valence-corrected chi connectivity index (χ1v) is 15.0. The lowest BCUT2D eigenvalue weighted by molar-refractivity contribution is 0.317. The minimum absolute atomic E-state index is 0.0753. The molecular formula is C35H37N9. The van der Waals surface area contributed by atoms with Crippen LogP contribution in [0.15, 0.2) is 79.3 Å². The molecule has 1 saturated heterocycles. The first kappa shape index (κ1) is 29.0. The average molecular weight is 584 g/mol. The Kier molecular flexibility index (Phi) is 8.09. The summed E-state index contributed by atoms with van der Waals surface area (Å²) in [7, 11) is 0. The third kappa shape index (κ3) is 6.46. The molecule has 0 aliphatic carbocycles. The van der Waals surface area contributed by atoms with Crippen molar-refractivity contribution in [1.82, 2.24) is 25.3 Å². The molecule has 0 bridgehead atoms. The lowest BCUT2D eigenvalue weighted by Crippen LogP contribution is -2.49. The van der Waals surface area contributed by atoms with Crippen LogP contribution in [-0.2, 0) is 0 Å². The third-order valence-electron chi connectivity index (χ3n) is 7.75. The minimum Gasteiger partial charge on any atom is -0.370 e. The van der Waals surface area contributed by atoms with Gasteiger partial charge in [-0.2, -0.15) is 5.26 Å². The molecule has 3 aromatic heterocycles. The van der Waals surface area contributed by atoms with Crippen LogP contribution in [-0.4, -0.2) is 44.6 Å². The summed E-state index contributed by atoms with van der Waals surface area (Å²) in [5, 5.41) is 22.1. The smallest absolute Gasteiger partial charge is 0.163 e. The molecule has 0 amide bonds. The van der Waals surface area contributed by atoms with Gasteiger partial charge in [0.1, 0.15) is 17.5 Å². The normalized spacial score (nSPS) is 13.9. The van der Waals surface area contributed by atoms with Crippen LogP contribution in [0.25, 0.3) is 22.3 Å². The zero-order valence-corrected chi connectivity index (χ0v) is 25.6. The number of aromatic nitrogens is 4. The highest BCUT2D eigenvalue weighted by Crippen LogP contribution is 2.37. The lowest BCUT2D eigenvalue weighted by Gasteiger charge is -2.38. The maximum Gasteiger partial charge on any atom is 0.163 e. The van der Waals surface area contributed by atoms with Gasteiger partial charge in [-0.25, -0.2) is 15.0 Å². The quantitative estimate of drug-likeness (QED) is 0.184. The number of fused-ring (bicyclic) bond motifs is 1. The van der Waals surface area contributed by atoms with E-state index in [1.165, 1.54) is 0 Å². The van der Waals surface area contributed by atoms with Gasteiger partial charge in [0.05, 0.1) is 11.2 Å². The monoisotopic (exact) mass is 583 g/mol. The Morgan fingerprint density at radius 3 is 2.48 bits per heavy atom. The summed E-state index contributed by atoms with van der Waals surface area (Å²) >= 11 is 0. The largest absolute Gasteiger partial charge is 0.370 e. The van der Waals surface area contributed by atoms with Gasteiger partial charge in [-0.1, -0.05) is 18.2 Å². The predicted molar refractivity (Wildman–Crippen MR) is 178 cm³/mol. The van der Waals surface area contributed by atoms with E-state index in [0.29, 0.717) is 29.1 Å². The SMILES string of the molecule is Cc1cc(Nc2nc3ccccc3c(N3CCC(NC(C)(C)C)CC3)c2C#N)ccc1Nc1ccnc(-c2cccnc2)n1. The van der Waals surface area contributed by atoms with Crippen molar-refractivity contribution in [3.05, 3.63) is 90.4 Å². The number of nitrogens with one attached hydrogen (secondary N) is 3. The average Bonchev–Trinajstić information content (AvgIpc) is 3.02. The van der Waals surface area contributed by atoms with Crippen LogP contribution >= 0.6 is 0 Å². The molecule has 6 rings (SSSR count). The fraction of sp³-hybridized carbons (Fsp3) is 0.286. The first-order valence-electron chi connectivity index (χ1n) is 15.0. The zero-order chi connectivity index (χ0) is 30.7. The molecule has 44 heavy (non-hydrogen) atoms. The first-order chi connectivity index (χ1) is 21.3. The van der Waals surface area contributed by atoms with Crippen molar-refractivity contribution in [3.63, 3.8) is 0 Å². The van der Waals surface area contributed by atoms with E-state index < -0.39 is 0 Å². The highest BCUT2D eigenvalue weighted by Gasteiger charge is 2.27. The molecule has 0 saturated carbocycles. The van der Waals surface area contributed by atoms with Crippen LogP contribution in [0.4, 0.5) is 28.7 Å². The maximum atomic E-state index is 10.4. The fourth-order valence-corrected chi connectivity index (χ4v) is 5.80. The van der Waals surface area contributed by atoms with Crippen molar-refractivity contribution in [2.24, 2.45) is 0 Å². The van der Waals surface area contributed by atoms with E-state index in [2.05, 4.69) is 68.7 Å². The van der Waals surface area contributed by atoms with Crippen LogP contribution in [0.3, 0.4) is 0 Å². The van der Waals surface area contributed by atoms with Crippen LogP contribution in [0.5, 0.6) is 0 Å². The highest BCUT2D eigenvalue weighted by molar-refractivity contribution is 5.98. The molecule has 0 unspecified atom stereocenters. The molecule has 0 atom stereocenters. The van der Waals surface area contributed by atoms with Crippen molar-refractivity contribution in [2.75, 3.05) is 28.6 Å². The number of piperidine rings is 1. The number of hydrogen-bond donors (Lipinski definition) is 3. The summed E-state index contributed by atoms with van der Waals surface area (Å²) in [6.07, 6.45) is 7.25. The van der Waals surface area contributed by atoms with Gasteiger partial charge in [0, 0.05) is 65.6 Å². The Balaban J connectivity index is 1.26. The summed E-state index contributed by atoms with van der Waals surface area (Å²) in [5.74, 6) is 1.86. The Morgan fingerprint density at radius 1 is 0.932 bits per heavy atom. The number of pyridine rings is 2. The van der Waals surface area contributed by atoms with Gasteiger partial charge >= 0.3 is 0 Å². The minimum atomic E-state index is 0.0753. The van der Waals surface area contributed by atoms with Crippen LogP contribution in [0.2, 0.25) is 0 Å². The molecule has 0 radical (unpaired) electrons. The molecule has 9 heteroatoms. The molecule has 9 nitrogen and oxygen atoms in total. The van der Waals surface area contributed by atoms with Crippen LogP contribution in [0, 0.1) is 18.3 Å². The molecule has 2 aromatic carbocycles. The third-order valence-corrected chi connectivity index (χ3v) is 7.75. The van der Waals surface area contributed by atoms with E-state index in [-0.39, 0.29) is 5.54 Å². The maximum absolute atomic E-state index is 10.4. The molecule has 0 spiro atoms. The van der Waals surface area contributed by atoms with Gasteiger partial charge < -0.3 is 20.9 Å². The number of nitrogens with zero attached hydrogens (tertiary/aromatic N) is 6. The second kappa shape index (κ2) is 12.3. The number of hydrogen-bond acceptors (Lipinski definition) is 9. The molecule has 4 heterocycles. The number of para-hydroxylation sites is 1. The molecule has 222 valence electrons. The number of rotatable bonds is 7. The van der Waals surface area contributed by atoms with Gasteiger partial charge in [-0.3, -0.25) is 4.98 Å². The van der Waals surface area contributed by atoms with Gasteiger partial charge in [0.15, 0.2) is 11.6 Å². The van der Waals surface area contributed by atoms with Gasteiger partial charge in [0.2, 0.25) is 0 Å². The topological polar surface area (TPSA) is 115 Å². The number of nitriles is 1. The fourth-order valence-electron chi connectivity index (χ4n) is 5.80. The summed E-state index contributed by atoms with van der Waals surface area (Å²) in [5.41, 5.74) is 6.11. The van der Waals surface area contributed by atoms with Crippen molar-refractivity contribution in [3.8, 4) is 17.5 Å². The Labute approximate surface area is 258 Å². The summed E-state index contributed by atoms with van der Waals surface area (Å²) in [6.45, 7) is 10.4. The Bertz CT molecular complexity index is 1810. The van der Waals surface area contributed by atoms with Gasteiger partial charge in [-0.05, 0) is 88.6 Å². The number of benzene rings is 2. The van der Waals surface area contributed by atoms with E-state index in [1.54, 1.807) is 18.6 Å². The number of anilines is 5. The molecule has 1 aliphatic heterocycles. The molecule has 1 aliphatic rings. The van der Waals surface area contributed by atoms with Crippen molar-refractivity contribution < 1.29 is 0 Å². The van der Waals surface area contributed by atoms with Gasteiger partial charge in [-0.15, -0.1) is 0 Å². The van der Waals surface area contributed by atoms with Crippen molar-refractivity contribution in [2.45, 2.75) is 52.1 Å². The van der Waals surface area contributed by atoms with Crippen molar-refractivity contribution >= 4 is 39.6 Å². The van der Waals surface area contributed by atoms with Crippen molar-refractivity contribution in [1.29, 1.82) is 5.26 Å². The standard InChI is InChI=1S/C35H37N9/c1-23-20-26(11-12-29(23)40-31-13-17-38-33(42-31)24-8-7-16-37-22-24)39-34-28(21-36)32(27-9-5-6-10-30(27)41-34)44-18-14-25(15-19-44)43-35(2,3)4/h5-13,16-17,20,22,25,43H,14-15,18-19H2,1-4H3,(H,39,41)(H,38,40,42). The van der Waals surface area contributed by atoms with Crippen LogP contribution < -0.4 is 20.9 Å². The highest BCUT2D eigenvalue weighted by atomic mass is 15.2. The van der Waals surface area contributed by atoms with E-state index in [0.717, 1.165) is 65.0 Å². The summed E-state index contributed by atoms with van der Waals surface area (Å²) in [4.78, 5) is 20.5.